The third-order valence-corrected chi connectivity index (χ3v) is 1.81. The molecule has 0 saturated heterocycles. The van der Waals surface area contributed by atoms with Crippen LogP contribution in [0, 0.1) is 0 Å². The number of hydrogen-bond acceptors (Lipinski definition) is 3. The smallest absolute Gasteiger partial charge is 0.337 e. The van der Waals surface area contributed by atoms with Gasteiger partial charge in [0.15, 0.2) is 0 Å². The second-order valence-electron chi connectivity index (χ2n) is 3.09. The van der Waals surface area contributed by atoms with E-state index in [0.717, 1.165) is 0 Å². The molecule has 12 heavy (non-hydrogen) atoms. The van der Waals surface area contributed by atoms with E-state index < -0.39 is 5.79 Å². The summed E-state index contributed by atoms with van der Waals surface area (Å²) in [7, 11) is 0. The molecule has 0 aromatic heterocycles. The molecule has 0 fully saturated rings. The van der Waals surface area contributed by atoms with E-state index in [1.165, 1.54) is 6.08 Å². The molecule has 1 aliphatic heterocycles. The third kappa shape index (κ3) is 2.24. The van der Waals surface area contributed by atoms with Gasteiger partial charge in [-0.2, -0.15) is 0 Å². The lowest BCUT2D eigenvalue weighted by molar-refractivity contribution is -0.205. The monoisotopic (exact) mass is 234 g/mol. The van der Waals surface area contributed by atoms with Crippen LogP contribution >= 0.6 is 15.9 Å². The maximum absolute atomic E-state index is 11.0. The van der Waals surface area contributed by atoms with Gasteiger partial charge in [-0.1, -0.05) is 15.9 Å². The van der Waals surface area contributed by atoms with E-state index >= 15 is 0 Å². The highest BCUT2D eigenvalue weighted by Crippen LogP contribution is 2.26. The van der Waals surface area contributed by atoms with Crippen molar-refractivity contribution in [2.75, 3.05) is 0 Å². The highest BCUT2D eigenvalue weighted by atomic mass is 79.9. The highest BCUT2D eigenvalue weighted by Gasteiger charge is 2.31. The number of hydrogen-bond donors (Lipinski definition) is 0. The first kappa shape index (κ1) is 9.58. The van der Waals surface area contributed by atoms with Gasteiger partial charge in [-0.3, -0.25) is 0 Å². The van der Waals surface area contributed by atoms with Crippen molar-refractivity contribution in [3.05, 3.63) is 11.8 Å². The summed E-state index contributed by atoms with van der Waals surface area (Å²) in [5.41, 5.74) is 0. The number of rotatable bonds is 1. The average molecular weight is 235 g/mol. The minimum atomic E-state index is -0.844. The molecule has 1 heterocycles. The van der Waals surface area contributed by atoms with E-state index in [4.69, 9.17) is 9.47 Å². The molecule has 0 aromatic carbocycles. The summed E-state index contributed by atoms with van der Waals surface area (Å²) in [6.45, 7) is 5.29. The molecule has 0 amide bonds. The Morgan fingerprint density at radius 2 is 2.08 bits per heavy atom. The predicted molar refractivity (Wildman–Crippen MR) is 47.7 cm³/mol. The van der Waals surface area contributed by atoms with Crippen molar-refractivity contribution < 1.29 is 14.3 Å². The molecule has 4 heteroatoms. The predicted octanol–water partition coefficient (Wildman–Crippen LogP) is 1.96. The molecule has 3 nitrogen and oxygen atoms in total. The van der Waals surface area contributed by atoms with E-state index in [1.807, 2.05) is 6.92 Å². The van der Waals surface area contributed by atoms with Crippen LogP contribution in [-0.4, -0.2) is 16.6 Å². The highest BCUT2D eigenvalue weighted by molar-refractivity contribution is 9.09. The zero-order valence-electron chi connectivity index (χ0n) is 7.26. The molecular formula is C8H11BrO3. The molecule has 0 saturated carbocycles. The topological polar surface area (TPSA) is 35.5 Å². The molecule has 1 unspecified atom stereocenters. The lowest BCUT2D eigenvalue weighted by Gasteiger charge is -2.31. The van der Waals surface area contributed by atoms with E-state index in [1.54, 1.807) is 13.8 Å². The summed E-state index contributed by atoms with van der Waals surface area (Å²) in [4.78, 5) is 11.0. The quantitative estimate of drug-likeness (QED) is 0.514. The van der Waals surface area contributed by atoms with Gasteiger partial charge in [0, 0.05) is 13.8 Å². The minimum Gasteiger partial charge on any atom is -0.456 e. The van der Waals surface area contributed by atoms with Gasteiger partial charge in [-0.05, 0) is 6.92 Å². The first-order valence-electron chi connectivity index (χ1n) is 3.68. The molecule has 1 atom stereocenters. The van der Waals surface area contributed by atoms with Crippen LogP contribution in [0.1, 0.15) is 20.8 Å². The maximum Gasteiger partial charge on any atom is 0.337 e. The molecule has 68 valence electrons. The van der Waals surface area contributed by atoms with E-state index in [-0.39, 0.29) is 10.8 Å². The Kier molecular flexibility index (Phi) is 2.46. The van der Waals surface area contributed by atoms with Crippen molar-refractivity contribution >= 4 is 21.9 Å². The van der Waals surface area contributed by atoms with Gasteiger partial charge in [0.2, 0.25) is 5.79 Å². The van der Waals surface area contributed by atoms with Crippen molar-refractivity contribution in [1.82, 2.24) is 0 Å². The summed E-state index contributed by atoms with van der Waals surface area (Å²) in [6, 6.07) is 0. The van der Waals surface area contributed by atoms with E-state index in [2.05, 4.69) is 15.9 Å². The number of carbonyl (C=O) groups is 1. The van der Waals surface area contributed by atoms with Crippen molar-refractivity contribution in [3.8, 4) is 0 Å². The third-order valence-electron chi connectivity index (χ3n) is 1.36. The van der Waals surface area contributed by atoms with Crippen molar-refractivity contribution in [1.29, 1.82) is 0 Å². The normalized spacial score (nSPS) is 23.7. The van der Waals surface area contributed by atoms with Crippen LogP contribution < -0.4 is 0 Å². The fourth-order valence-corrected chi connectivity index (χ4v) is 1.14. The Bertz CT molecular complexity index is 230. The summed E-state index contributed by atoms with van der Waals surface area (Å²) >= 11 is 3.31. The summed E-state index contributed by atoms with van der Waals surface area (Å²) in [5, 5.41) is 0. The van der Waals surface area contributed by atoms with Crippen LogP contribution in [0.4, 0.5) is 0 Å². The summed E-state index contributed by atoms with van der Waals surface area (Å²) in [6.07, 6.45) is 1.35. The van der Waals surface area contributed by atoms with Gasteiger partial charge < -0.3 is 9.47 Å². The van der Waals surface area contributed by atoms with Crippen molar-refractivity contribution in [3.63, 3.8) is 0 Å². The SMILES string of the molecule is CC(Br)C1=CC(=O)OC(C)(C)O1. The Hall–Kier alpha value is -0.510. The van der Waals surface area contributed by atoms with Crippen LogP contribution in [0.2, 0.25) is 0 Å². The number of halogens is 1. The van der Waals surface area contributed by atoms with E-state index in [9.17, 15) is 4.79 Å². The van der Waals surface area contributed by atoms with Gasteiger partial charge in [0.05, 0.1) is 10.9 Å². The average Bonchev–Trinajstić information content (AvgIpc) is 1.82. The van der Waals surface area contributed by atoms with Gasteiger partial charge >= 0.3 is 5.97 Å². The molecule has 0 N–H and O–H groups in total. The van der Waals surface area contributed by atoms with E-state index in [0.29, 0.717) is 5.76 Å². The number of esters is 1. The molecule has 0 bridgehead atoms. The molecule has 0 aliphatic carbocycles. The van der Waals surface area contributed by atoms with Crippen molar-refractivity contribution in [2.45, 2.75) is 31.4 Å². The minimum absolute atomic E-state index is 0.0321. The molecule has 0 spiro atoms. The summed E-state index contributed by atoms with van der Waals surface area (Å²) < 4.78 is 10.3. The second-order valence-corrected chi connectivity index (χ2v) is 4.46. The lowest BCUT2D eigenvalue weighted by Crippen LogP contribution is -2.35. The number of cyclic esters (lactones) is 1. The van der Waals surface area contributed by atoms with Crippen LogP contribution in [0.5, 0.6) is 0 Å². The zero-order valence-corrected chi connectivity index (χ0v) is 8.84. The fraction of sp³-hybridized carbons (Fsp3) is 0.625. The molecule has 1 aliphatic rings. The van der Waals surface area contributed by atoms with Crippen LogP contribution in [-0.2, 0) is 14.3 Å². The number of ether oxygens (including phenoxy) is 2. The molecule has 0 radical (unpaired) electrons. The molecule has 0 aromatic rings. The van der Waals surface area contributed by atoms with Gasteiger partial charge in [-0.15, -0.1) is 0 Å². The van der Waals surface area contributed by atoms with Gasteiger partial charge in [-0.25, -0.2) is 4.79 Å². The van der Waals surface area contributed by atoms with Crippen LogP contribution in [0.25, 0.3) is 0 Å². The Morgan fingerprint density at radius 1 is 1.50 bits per heavy atom. The second kappa shape index (κ2) is 3.09. The van der Waals surface area contributed by atoms with Crippen LogP contribution in [0.3, 0.4) is 0 Å². The number of carbonyl (C=O) groups excluding carboxylic acids is 1. The molecular weight excluding hydrogens is 224 g/mol. The first-order chi connectivity index (χ1) is 5.41. The zero-order chi connectivity index (χ0) is 9.35. The number of alkyl halides is 1. The van der Waals surface area contributed by atoms with Gasteiger partial charge in [0.25, 0.3) is 0 Å². The first-order valence-corrected chi connectivity index (χ1v) is 4.60. The summed E-state index contributed by atoms with van der Waals surface area (Å²) in [5.74, 6) is -0.591. The van der Waals surface area contributed by atoms with Crippen LogP contribution in [0.15, 0.2) is 11.8 Å². The fourth-order valence-electron chi connectivity index (χ4n) is 0.918. The van der Waals surface area contributed by atoms with Gasteiger partial charge in [0.1, 0.15) is 5.76 Å². The molecule has 1 rings (SSSR count). The largest absolute Gasteiger partial charge is 0.456 e. The Labute approximate surface area is 79.9 Å². The number of allylic oxidation sites excluding steroid dienone is 1. The maximum atomic E-state index is 11.0. The Morgan fingerprint density at radius 3 is 2.50 bits per heavy atom. The Balaban J connectivity index is 2.84. The van der Waals surface area contributed by atoms with Crippen molar-refractivity contribution in [2.24, 2.45) is 0 Å². The standard InChI is InChI=1S/C8H11BrO3/c1-5(9)6-4-7(10)12-8(2,3)11-6/h4-5H,1-3H3. The lowest BCUT2D eigenvalue weighted by atomic mass is 10.3.